The lowest BCUT2D eigenvalue weighted by molar-refractivity contribution is -0.120. The van der Waals surface area contributed by atoms with Gasteiger partial charge in [-0.2, -0.15) is 0 Å². The molecular weight excluding hydrogens is 314 g/mol. The molecule has 5 heteroatoms. The van der Waals surface area contributed by atoms with E-state index in [0.29, 0.717) is 12.5 Å². The molecular formula is C20H31N3O2. The number of nitrogens with two attached hydrogens (primary N) is 1. The maximum Gasteiger partial charge on any atom is 0.254 e. The molecule has 0 fully saturated rings. The summed E-state index contributed by atoms with van der Waals surface area (Å²) in [5, 5.41) is 3.25. The quantitative estimate of drug-likeness (QED) is 0.722. The first kappa shape index (κ1) is 19.4. The highest BCUT2D eigenvalue weighted by Gasteiger charge is 2.24. The van der Waals surface area contributed by atoms with Crippen molar-refractivity contribution in [2.75, 3.05) is 13.1 Å². The maximum atomic E-state index is 12.6. The Hall–Kier alpha value is -1.88. The summed E-state index contributed by atoms with van der Waals surface area (Å²) in [6.45, 7) is 8.51. The highest BCUT2D eigenvalue weighted by Crippen LogP contribution is 2.21. The number of carbonyl (C=O) groups is 2. The van der Waals surface area contributed by atoms with Gasteiger partial charge in [-0.1, -0.05) is 39.3 Å². The number of fused-ring (bicyclic) bond motifs is 1. The normalized spacial score (nSPS) is 15.4. The smallest absolute Gasteiger partial charge is 0.254 e. The van der Waals surface area contributed by atoms with E-state index in [0.717, 1.165) is 55.5 Å². The van der Waals surface area contributed by atoms with E-state index in [2.05, 4.69) is 32.2 Å². The highest BCUT2D eigenvalue weighted by atomic mass is 16.2. The van der Waals surface area contributed by atoms with Crippen molar-refractivity contribution in [3.8, 4) is 0 Å². The third-order valence-corrected chi connectivity index (χ3v) is 4.72. The number of benzene rings is 1. The molecule has 5 nitrogen and oxygen atoms in total. The van der Waals surface area contributed by atoms with Gasteiger partial charge in [-0.25, -0.2) is 0 Å². The molecule has 138 valence electrons. The van der Waals surface area contributed by atoms with Crippen LogP contribution in [0.2, 0.25) is 0 Å². The van der Waals surface area contributed by atoms with Crippen LogP contribution in [-0.4, -0.2) is 35.8 Å². The summed E-state index contributed by atoms with van der Waals surface area (Å²) in [6, 6.07) is 5.67. The molecule has 0 spiro atoms. The van der Waals surface area contributed by atoms with Gasteiger partial charge in [-0.15, -0.1) is 0 Å². The third-order valence-electron chi connectivity index (χ3n) is 4.72. The van der Waals surface area contributed by atoms with Crippen LogP contribution in [0.4, 0.5) is 0 Å². The summed E-state index contributed by atoms with van der Waals surface area (Å²) >= 11 is 0. The van der Waals surface area contributed by atoms with Crippen molar-refractivity contribution < 1.29 is 9.59 Å². The lowest BCUT2D eigenvalue weighted by Crippen LogP contribution is -2.42. The molecule has 0 aromatic heterocycles. The number of hydrogen-bond donors (Lipinski definition) is 2. The van der Waals surface area contributed by atoms with E-state index in [1.165, 1.54) is 0 Å². The zero-order valence-corrected chi connectivity index (χ0v) is 15.7. The van der Waals surface area contributed by atoms with Crippen LogP contribution >= 0.6 is 0 Å². The second-order valence-corrected chi connectivity index (χ2v) is 7.35. The zero-order valence-electron chi connectivity index (χ0n) is 15.7. The Kier molecular flexibility index (Phi) is 7.00. The molecule has 0 saturated carbocycles. The average Bonchev–Trinajstić information content (AvgIpc) is 2.57. The number of nitrogens with one attached hydrogen (secondary N) is 1. The second kappa shape index (κ2) is 8.99. The average molecular weight is 345 g/mol. The Morgan fingerprint density at radius 3 is 2.76 bits per heavy atom. The lowest BCUT2D eigenvalue weighted by Gasteiger charge is -2.29. The number of nitrogens with zero attached hydrogens (tertiary/aromatic N) is 1. The van der Waals surface area contributed by atoms with Gasteiger partial charge in [0.2, 0.25) is 5.91 Å². The minimum absolute atomic E-state index is 0.143. The van der Waals surface area contributed by atoms with E-state index in [-0.39, 0.29) is 17.9 Å². The van der Waals surface area contributed by atoms with Gasteiger partial charge in [0.15, 0.2) is 0 Å². The Bertz CT molecular complexity index is 613. The highest BCUT2D eigenvalue weighted by molar-refractivity contribution is 5.96. The minimum Gasteiger partial charge on any atom is -0.368 e. The monoisotopic (exact) mass is 345 g/mol. The van der Waals surface area contributed by atoms with Crippen LogP contribution < -0.4 is 11.1 Å². The van der Waals surface area contributed by atoms with Crippen molar-refractivity contribution in [2.24, 2.45) is 11.7 Å². The van der Waals surface area contributed by atoms with Crippen LogP contribution in [0.25, 0.3) is 0 Å². The Labute approximate surface area is 151 Å². The molecule has 1 aliphatic heterocycles. The van der Waals surface area contributed by atoms with Crippen molar-refractivity contribution >= 4 is 11.8 Å². The van der Waals surface area contributed by atoms with Gasteiger partial charge >= 0.3 is 0 Å². The summed E-state index contributed by atoms with van der Waals surface area (Å²) in [7, 11) is 0. The Balaban J connectivity index is 2.02. The topological polar surface area (TPSA) is 75.4 Å². The molecule has 1 aliphatic rings. The molecule has 2 amide bonds. The molecule has 0 aliphatic carbocycles. The molecule has 1 aromatic carbocycles. The van der Waals surface area contributed by atoms with Gasteiger partial charge in [0.05, 0.1) is 6.04 Å². The summed E-state index contributed by atoms with van der Waals surface area (Å²) in [4.78, 5) is 26.1. The van der Waals surface area contributed by atoms with Crippen LogP contribution in [0, 0.1) is 5.92 Å². The van der Waals surface area contributed by atoms with Crippen molar-refractivity contribution in [3.63, 3.8) is 0 Å². The fourth-order valence-corrected chi connectivity index (χ4v) is 3.27. The number of hydrogen-bond acceptors (Lipinski definition) is 3. The van der Waals surface area contributed by atoms with Crippen molar-refractivity contribution in [3.05, 3.63) is 34.9 Å². The van der Waals surface area contributed by atoms with E-state index in [1.54, 1.807) is 0 Å². The van der Waals surface area contributed by atoms with Gasteiger partial charge < -0.3 is 16.0 Å². The maximum absolute atomic E-state index is 12.6. The fourth-order valence-electron chi connectivity index (χ4n) is 3.27. The predicted molar refractivity (Wildman–Crippen MR) is 100 cm³/mol. The molecule has 3 N–H and O–H groups in total. The number of amides is 2. The van der Waals surface area contributed by atoms with Gasteiger partial charge in [-0.3, -0.25) is 9.59 Å². The van der Waals surface area contributed by atoms with Crippen molar-refractivity contribution in [1.29, 1.82) is 0 Å². The molecule has 0 saturated heterocycles. The minimum atomic E-state index is -0.317. The molecule has 25 heavy (non-hydrogen) atoms. The van der Waals surface area contributed by atoms with Gasteiger partial charge in [-0.05, 0) is 42.4 Å². The number of primary amides is 1. The van der Waals surface area contributed by atoms with Crippen LogP contribution in [0.1, 0.15) is 61.5 Å². The van der Waals surface area contributed by atoms with Crippen molar-refractivity contribution in [1.82, 2.24) is 10.2 Å². The van der Waals surface area contributed by atoms with E-state index in [4.69, 9.17) is 5.73 Å². The van der Waals surface area contributed by atoms with E-state index < -0.39 is 0 Å². The SMILES string of the molecule is CCCCN1CCc2cc(CN[C@H](CC(C)C)C(N)=O)ccc2C1=O. The third kappa shape index (κ3) is 5.30. The van der Waals surface area contributed by atoms with Crippen LogP contribution in [0.5, 0.6) is 0 Å². The first-order valence-corrected chi connectivity index (χ1v) is 9.36. The fraction of sp³-hybridized carbons (Fsp3) is 0.600. The number of carbonyl (C=O) groups excluding carboxylic acids is 2. The lowest BCUT2D eigenvalue weighted by atomic mass is 9.96. The van der Waals surface area contributed by atoms with E-state index in [9.17, 15) is 9.59 Å². The van der Waals surface area contributed by atoms with Crippen LogP contribution in [-0.2, 0) is 17.8 Å². The summed E-state index contributed by atoms with van der Waals surface area (Å²) < 4.78 is 0. The summed E-state index contributed by atoms with van der Waals surface area (Å²) in [5.41, 5.74) is 8.50. The molecule has 2 rings (SSSR count). The number of rotatable bonds is 9. The second-order valence-electron chi connectivity index (χ2n) is 7.35. The molecule has 0 radical (unpaired) electrons. The Morgan fingerprint density at radius 2 is 2.12 bits per heavy atom. The molecule has 0 unspecified atom stereocenters. The van der Waals surface area contributed by atoms with Gasteiger partial charge in [0, 0.05) is 25.2 Å². The first-order valence-electron chi connectivity index (χ1n) is 9.36. The van der Waals surface area contributed by atoms with Crippen molar-refractivity contribution in [2.45, 2.75) is 59.0 Å². The molecule has 1 heterocycles. The van der Waals surface area contributed by atoms with Gasteiger partial charge in [0.25, 0.3) is 5.91 Å². The Morgan fingerprint density at radius 1 is 1.36 bits per heavy atom. The molecule has 1 atom stereocenters. The summed E-state index contributed by atoms with van der Waals surface area (Å²) in [6.07, 6.45) is 3.76. The molecule has 0 bridgehead atoms. The van der Waals surface area contributed by atoms with Gasteiger partial charge in [0.1, 0.15) is 0 Å². The van der Waals surface area contributed by atoms with Crippen LogP contribution in [0.3, 0.4) is 0 Å². The largest absolute Gasteiger partial charge is 0.368 e. The van der Waals surface area contributed by atoms with E-state index >= 15 is 0 Å². The van der Waals surface area contributed by atoms with E-state index in [1.807, 2.05) is 17.0 Å². The predicted octanol–water partition coefficient (Wildman–Crippen LogP) is 2.47. The zero-order chi connectivity index (χ0) is 18.4. The summed E-state index contributed by atoms with van der Waals surface area (Å²) in [5.74, 6) is 0.234. The first-order chi connectivity index (χ1) is 11.9. The number of unbranched alkanes of at least 4 members (excludes halogenated alkanes) is 1. The van der Waals surface area contributed by atoms with Crippen LogP contribution in [0.15, 0.2) is 18.2 Å². The standard InChI is InChI=1S/C20H31N3O2/c1-4-5-9-23-10-8-16-12-15(6-7-17(16)20(23)25)13-22-18(19(21)24)11-14(2)3/h6-7,12,14,18,22H,4-5,8-11,13H2,1-3H3,(H2,21,24)/t18-/m1/s1. The molecule has 1 aromatic rings.